The second kappa shape index (κ2) is 10.5. The van der Waals surface area contributed by atoms with Gasteiger partial charge in [-0.25, -0.2) is 4.79 Å². The van der Waals surface area contributed by atoms with Crippen LogP contribution in [0.1, 0.15) is 49.4 Å². The molecule has 2 saturated heterocycles. The fraction of sp³-hybridized carbons (Fsp3) is 0.636. The summed E-state index contributed by atoms with van der Waals surface area (Å²) in [6, 6.07) is 7.64. The van der Waals surface area contributed by atoms with E-state index in [9.17, 15) is 9.59 Å². The number of nitrogens with zero attached hydrogens (tertiary/aromatic N) is 2. The van der Waals surface area contributed by atoms with Crippen LogP contribution >= 0.6 is 0 Å². The van der Waals surface area contributed by atoms with Crippen molar-refractivity contribution in [1.29, 1.82) is 0 Å². The molecule has 3 amide bonds. The molecule has 7 nitrogen and oxygen atoms in total. The van der Waals surface area contributed by atoms with Gasteiger partial charge in [0.25, 0.3) is 5.91 Å². The van der Waals surface area contributed by atoms with Gasteiger partial charge in [0.15, 0.2) is 0 Å². The Morgan fingerprint density at radius 1 is 1.10 bits per heavy atom. The van der Waals surface area contributed by atoms with Crippen molar-refractivity contribution in [3.8, 4) is 5.75 Å². The molecule has 2 aliphatic heterocycles. The molecule has 0 saturated carbocycles. The summed E-state index contributed by atoms with van der Waals surface area (Å²) in [5.74, 6) is 0.782. The molecular weight excluding hydrogens is 370 g/mol. The number of carbonyl (C=O) groups excluding carboxylic acids is 2. The van der Waals surface area contributed by atoms with E-state index in [0.717, 1.165) is 37.9 Å². The van der Waals surface area contributed by atoms with Gasteiger partial charge < -0.3 is 24.6 Å². The maximum atomic E-state index is 12.9. The van der Waals surface area contributed by atoms with E-state index in [1.54, 1.807) is 19.2 Å². The highest BCUT2D eigenvalue weighted by molar-refractivity contribution is 5.94. The fourth-order valence-electron chi connectivity index (χ4n) is 4.18. The zero-order valence-corrected chi connectivity index (χ0v) is 17.6. The van der Waals surface area contributed by atoms with Gasteiger partial charge in [0.1, 0.15) is 5.75 Å². The summed E-state index contributed by atoms with van der Waals surface area (Å²) in [6.45, 7) is 5.48. The van der Waals surface area contributed by atoms with E-state index in [1.165, 1.54) is 0 Å². The largest absolute Gasteiger partial charge is 0.497 e. The van der Waals surface area contributed by atoms with Crippen LogP contribution in [0, 0.1) is 0 Å². The summed E-state index contributed by atoms with van der Waals surface area (Å²) in [6.07, 6.45) is 4.29. The van der Waals surface area contributed by atoms with E-state index in [2.05, 4.69) is 12.2 Å². The standard InChI is InChI=1S/C22H33N3O4/c1-3-12-23-22(27)25(19-10-15-29-16-11-19)18-8-13-24(14-9-18)21(26)17-4-6-20(28-2)7-5-17/h4-7,18-19H,3,8-16H2,1-2H3,(H,23,27). The Kier molecular flexibility index (Phi) is 7.75. The summed E-state index contributed by atoms with van der Waals surface area (Å²) in [5.41, 5.74) is 0.672. The molecular formula is C22H33N3O4. The SMILES string of the molecule is CCCNC(=O)N(C1CCOCC1)C1CCN(C(=O)c2ccc(OC)cc2)CC1. The van der Waals surface area contributed by atoms with Gasteiger partial charge in [0, 0.05) is 50.5 Å². The minimum atomic E-state index is 0.0266. The highest BCUT2D eigenvalue weighted by Crippen LogP contribution is 2.25. The van der Waals surface area contributed by atoms with Gasteiger partial charge in [0.2, 0.25) is 0 Å². The molecule has 0 unspecified atom stereocenters. The van der Waals surface area contributed by atoms with Crippen LogP contribution in [0.3, 0.4) is 0 Å². The maximum absolute atomic E-state index is 12.9. The zero-order valence-electron chi connectivity index (χ0n) is 17.6. The van der Waals surface area contributed by atoms with Gasteiger partial charge in [0.05, 0.1) is 7.11 Å². The van der Waals surface area contributed by atoms with Crippen molar-refractivity contribution in [1.82, 2.24) is 15.1 Å². The monoisotopic (exact) mass is 403 g/mol. The Bertz CT molecular complexity index is 665. The van der Waals surface area contributed by atoms with Crippen LogP contribution in [0.2, 0.25) is 0 Å². The molecule has 0 atom stereocenters. The summed E-state index contributed by atoms with van der Waals surface area (Å²) in [5, 5.41) is 3.05. The van der Waals surface area contributed by atoms with Gasteiger partial charge in [-0.1, -0.05) is 6.92 Å². The number of amides is 3. The second-order valence-corrected chi connectivity index (χ2v) is 7.73. The third kappa shape index (κ3) is 5.41. The van der Waals surface area contributed by atoms with Crippen LogP contribution in [0.25, 0.3) is 0 Å². The summed E-state index contributed by atoms with van der Waals surface area (Å²) < 4.78 is 10.7. The van der Waals surface area contributed by atoms with Crippen molar-refractivity contribution in [3.05, 3.63) is 29.8 Å². The van der Waals surface area contributed by atoms with Gasteiger partial charge in [-0.2, -0.15) is 0 Å². The first-order valence-corrected chi connectivity index (χ1v) is 10.7. The lowest BCUT2D eigenvalue weighted by Crippen LogP contribution is -2.56. The van der Waals surface area contributed by atoms with Crippen LogP contribution in [0.15, 0.2) is 24.3 Å². The molecule has 160 valence electrons. The first-order chi connectivity index (χ1) is 14.1. The lowest BCUT2D eigenvalue weighted by Gasteiger charge is -2.43. The van der Waals surface area contributed by atoms with Crippen molar-refractivity contribution in [2.24, 2.45) is 0 Å². The van der Waals surface area contributed by atoms with Crippen molar-refractivity contribution >= 4 is 11.9 Å². The van der Waals surface area contributed by atoms with E-state index in [-0.39, 0.29) is 24.0 Å². The minimum absolute atomic E-state index is 0.0266. The second-order valence-electron chi connectivity index (χ2n) is 7.73. The van der Waals surface area contributed by atoms with E-state index in [0.29, 0.717) is 38.4 Å². The number of urea groups is 1. The molecule has 0 spiro atoms. The van der Waals surface area contributed by atoms with Crippen molar-refractivity contribution < 1.29 is 19.1 Å². The van der Waals surface area contributed by atoms with Crippen molar-refractivity contribution in [2.75, 3.05) is 40.0 Å². The third-order valence-corrected chi connectivity index (χ3v) is 5.83. The molecule has 3 rings (SSSR count). The number of benzene rings is 1. The normalized spacial score (nSPS) is 18.3. The molecule has 7 heteroatoms. The molecule has 2 heterocycles. The lowest BCUT2D eigenvalue weighted by atomic mass is 9.97. The number of methoxy groups -OCH3 is 1. The van der Waals surface area contributed by atoms with E-state index in [1.807, 2.05) is 21.9 Å². The average molecular weight is 404 g/mol. The van der Waals surface area contributed by atoms with Gasteiger partial charge in [-0.3, -0.25) is 4.79 Å². The fourth-order valence-corrected chi connectivity index (χ4v) is 4.18. The lowest BCUT2D eigenvalue weighted by molar-refractivity contribution is 0.0209. The van der Waals surface area contributed by atoms with Gasteiger partial charge in [-0.15, -0.1) is 0 Å². The smallest absolute Gasteiger partial charge is 0.317 e. The Morgan fingerprint density at radius 2 is 1.72 bits per heavy atom. The first kappa shape index (κ1) is 21.4. The van der Waals surface area contributed by atoms with Crippen LogP contribution in [0.5, 0.6) is 5.75 Å². The minimum Gasteiger partial charge on any atom is -0.497 e. The Hall–Kier alpha value is -2.28. The highest BCUT2D eigenvalue weighted by Gasteiger charge is 2.35. The quantitative estimate of drug-likeness (QED) is 0.793. The van der Waals surface area contributed by atoms with Crippen LogP contribution in [0.4, 0.5) is 4.79 Å². The number of ether oxygens (including phenoxy) is 2. The molecule has 0 radical (unpaired) electrons. The number of likely N-dealkylation sites (tertiary alicyclic amines) is 1. The number of hydrogen-bond acceptors (Lipinski definition) is 4. The topological polar surface area (TPSA) is 71.1 Å². The molecule has 2 fully saturated rings. The van der Waals surface area contributed by atoms with E-state index in [4.69, 9.17) is 9.47 Å². The average Bonchev–Trinajstić information content (AvgIpc) is 2.78. The predicted octanol–water partition coefficient (Wildman–Crippen LogP) is 2.90. The van der Waals surface area contributed by atoms with Gasteiger partial charge >= 0.3 is 6.03 Å². The van der Waals surface area contributed by atoms with Crippen LogP contribution in [-0.4, -0.2) is 73.8 Å². The van der Waals surface area contributed by atoms with Crippen molar-refractivity contribution in [3.63, 3.8) is 0 Å². The Morgan fingerprint density at radius 3 is 2.31 bits per heavy atom. The number of hydrogen-bond donors (Lipinski definition) is 1. The zero-order chi connectivity index (χ0) is 20.6. The molecule has 1 aromatic carbocycles. The Labute approximate surface area is 173 Å². The molecule has 0 aliphatic carbocycles. The molecule has 0 bridgehead atoms. The van der Waals surface area contributed by atoms with E-state index < -0.39 is 0 Å². The highest BCUT2D eigenvalue weighted by atomic mass is 16.5. The van der Waals surface area contributed by atoms with Gasteiger partial charge in [-0.05, 0) is 56.4 Å². The van der Waals surface area contributed by atoms with Crippen molar-refractivity contribution in [2.45, 2.75) is 51.1 Å². The van der Waals surface area contributed by atoms with E-state index >= 15 is 0 Å². The van der Waals surface area contributed by atoms with Crippen LogP contribution in [-0.2, 0) is 4.74 Å². The molecule has 2 aliphatic rings. The van der Waals surface area contributed by atoms with Crippen LogP contribution < -0.4 is 10.1 Å². The predicted molar refractivity (Wildman–Crippen MR) is 111 cm³/mol. The molecule has 1 aromatic rings. The molecule has 0 aromatic heterocycles. The number of piperidine rings is 1. The maximum Gasteiger partial charge on any atom is 0.317 e. The first-order valence-electron chi connectivity index (χ1n) is 10.7. The Balaban J connectivity index is 1.62. The molecule has 29 heavy (non-hydrogen) atoms. The summed E-state index contributed by atoms with van der Waals surface area (Å²) in [7, 11) is 1.61. The number of rotatable bonds is 6. The summed E-state index contributed by atoms with van der Waals surface area (Å²) in [4.78, 5) is 29.7. The molecule has 1 N–H and O–H groups in total. The summed E-state index contributed by atoms with van der Waals surface area (Å²) >= 11 is 0. The number of nitrogens with one attached hydrogen (secondary N) is 1. The number of carbonyl (C=O) groups is 2. The third-order valence-electron chi connectivity index (χ3n) is 5.83.